The van der Waals surface area contributed by atoms with Crippen LogP contribution in [0.1, 0.15) is 49.2 Å². The summed E-state index contributed by atoms with van der Waals surface area (Å²) < 4.78 is 4.38. The Kier molecular flexibility index (Phi) is 5.93. The quantitative estimate of drug-likeness (QED) is 0.492. The van der Waals surface area contributed by atoms with Crippen LogP contribution in [0.3, 0.4) is 0 Å². The Hall–Kier alpha value is -3.68. The average molecular weight is 448 g/mol. The van der Waals surface area contributed by atoms with Crippen LogP contribution in [0.25, 0.3) is 16.7 Å². The lowest BCUT2D eigenvalue weighted by molar-refractivity contribution is 0.0943. The zero-order valence-electron chi connectivity index (χ0n) is 19.6. The van der Waals surface area contributed by atoms with Crippen LogP contribution >= 0.6 is 0 Å². The first-order chi connectivity index (χ1) is 15.7. The summed E-state index contributed by atoms with van der Waals surface area (Å²) in [5.41, 5.74) is 2.22. The van der Waals surface area contributed by atoms with Gasteiger partial charge in [0.2, 0.25) is 5.78 Å². The summed E-state index contributed by atoms with van der Waals surface area (Å²) in [6.45, 7) is 10.5. The molecule has 0 atom stereocenters. The largest absolute Gasteiger partial charge is 0.352 e. The summed E-state index contributed by atoms with van der Waals surface area (Å²) in [6, 6.07) is 12.6. The fraction of sp³-hybridized carbons (Fsp3) is 0.360. The van der Waals surface area contributed by atoms with E-state index in [1.54, 1.807) is 22.8 Å². The zero-order valence-corrected chi connectivity index (χ0v) is 19.6. The molecule has 0 fully saturated rings. The predicted octanol–water partition coefficient (Wildman–Crippen LogP) is 2.96. The number of amides is 1. The lowest BCUT2D eigenvalue weighted by Crippen LogP contribution is -2.31. The molecule has 0 aliphatic carbocycles. The lowest BCUT2D eigenvalue weighted by atomic mass is 10.1. The highest BCUT2D eigenvalue weighted by Gasteiger charge is 2.20. The first-order valence-corrected chi connectivity index (χ1v) is 11.2. The molecule has 4 rings (SSSR count). The van der Waals surface area contributed by atoms with Gasteiger partial charge in [-0.25, -0.2) is 13.9 Å². The molecule has 33 heavy (non-hydrogen) atoms. The van der Waals surface area contributed by atoms with Gasteiger partial charge in [-0.1, -0.05) is 38.1 Å². The van der Waals surface area contributed by atoms with E-state index in [9.17, 15) is 14.4 Å². The van der Waals surface area contributed by atoms with E-state index in [2.05, 4.69) is 10.4 Å². The summed E-state index contributed by atoms with van der Waals surface area (Å²) in [7, 11) is 0. The van der Waals surface area contributed by atoms with Crippen LogP contribution in [0.5, 0.6) is 0 Å². The third kappa shape index (κ3) is 4.20. The van der Waals surface area contributed by atoms with E-state index in [-0.39, 0.29) is 41.4 Å². The van der Waals surface area contributed by atoms with Crippen molar-refractivity contribution in [3.8, 4) is 0 Å². The highest BCUT2D eigenvalue weighted by atomic mass is 16.2. The molecule has 0 saturated carbocycles. The van der Waals surface area contributed by atoms with Crippen molar-refractivity contribution in [2.75, 3.05) is 0 Å². The molecule has 0 unspecified atom stereocenters. The monoisotopic (exact) mass is 447 g/mol. The first kappa shape index (κ1) is 22.5. The van der Waals surface area contributed by atoms with Gasteiger partial charge in [-0.05, 0) is 56.0 Å². The van der Waals surface area contributed by atoms with E-state index < -0.39 is 0 Å². The van der Waals surface area contributed by atoms with Crippen LogP contribution in [-0.4, -0.2) is 30.7 Å². The van der Waals surface area contributed by atoms with Crippen LogP contribution in [0.4, 0.5) is 0 Å². The van der Waals surface area contributed by atoms with E-state index in [1.807, 2.05) is 58.9 Å². The normalized spacial score (nSPS) is 11.7. The Balaban J connectivity index is 2.00. The van der Waals surface area contributed by atoms with Gasteiger partial charge in [0.15, 0.2) is 0 Å². The molecule has 0 radical (unpaired) electrons. The molecule has 8 nitrogen and oxygen atoms in total. The molecular weight excluding hydrogens is 418 g/mol. The fourth-order valence-corrected chi connectivity index (χ4v) is 3.98. The van der Waals surface area contributed by atoms with Gasteiger partial charge in [-0.2, -0.15) is 0 Å². The maximum atomic E-state index is 13.5. The molecule has 0 spiro atoms. The molecule has 0 aliphatic rings. The van der Waals surface area contributed by atoms with Crippen molar-refractivity contribution in [3.05, 3.63) is 80.0 Å². The van der Waals surface area contributed by atoms with Gasteiger partial charge in [-0.3, -0.25) is 14.2 Å². The van der Waals surface area contributed by atoms with Gasteiger partial charge >= 0.3 is 5.69 Å². The van der Waals surface area contributed by atoms with Crippen LogP contribution in [0.2, 0.25) is 0 Å². The lowest BCUT2D eigenvalue weighted by Gasteiger charge is -2.13. The van der Waals surface area contributed by atoms with Gasteiger partial charge in [0.25, 0.3) is 11.5 Å². The molecule has 0 bridgehead atoms. The summed E-state index contributed by atoms with van der Waals surface area (Å²) in [5.74, 6) is 0.199. The van der Waals surface area contributed by atoms with E-state index in [0.717, 1.165) is 11.1 Å². The van der Waals surface area contributed by atoms with E-state index >= 15 is 0 Å². The second-order valence-corrected chi connectivity index (χ2v) is 9.17. The molecule has 2 aromatic heterocycles. The van der Waals surface area contributed by atoms with Crippen molar-refractivity contribution >= 4 is 22.6 Å². The average Bonchev–Trinajstić information content (AvgIpc) is 3.08. The Bertz CT molecular complexity index is 1470. The summed E-state index contributed by atoms with van der Waals surface area (Å²) in [5, 5.41) is 7.79. The van der Waals surface area contributed by atoms with Crippen molar-refractivity contribution in [1.82, 2.24) is 24.1 Å². The minimum absolute atomic E-state index is 0.0353. The van der Waals surface area contributed by atoms with Gasteiger partial charge < -0.3 is 5.32 Å². The van der Waals surface area contributed by atoms with E-state index in [4.69, 9.17) is 0 Å². The number of rotatable bonds is 6. The van der Waals surface area contributed by atoms with Gasteiger partial charge in [-0.15, -0.1) is 5.10 Å². The number of carbonyl (C=O) groups is 1. The highest BCUT2D eigenvalue weighted by Crippen LogP contribution is 2.16. The number of nitrogens with one attached hydrogen (secondary N) is 1. The Morgan fingerprint density at radius 2 is 1.79 bits per heavy atom. The molecule has 2 aromatic carbocycles. The molecule has 0 aliphatic heterocycles. The molecule has 1 N–H and O–H groups in total. The van der Waals surface area contributed by atoms with E-state index in [0.29, 0.717) is 23.0 Å². The first-order valence-electron chi connectivity index (χ1n) is 11.2. The van der Waals surface area contributed by atoms with Crippen molar-refractivity contribution in [2.45, 2.75) is 53.8 Å². The smallest absolute Gasteiger partial charge is 0.350 e. The minimum Gasteiger partial charge on any atom is -0.350 e. The van der Waals surface area contributed by atoms with Crippen molar-refractivity contribution < 1.29 is 4.79 Å². The second kappa shape index (κ2) is 8.69. The zero-order chi connectivity index (χ0) is 23.9. The van der Waals surface area contributed by atoms with Crippen LogP contribution in [-0.2, 0) is 13.1 Å². The molecule has 8 heteroatoms. The van der Waals surface area contributed by atoms with Crippen molar-refractivity contribution in [1.29, 1.82) is 0 Å². The number of hydrogen-bond acceptors (Lipinski definition) is 4. The number of hydrogen-bond donors (Lipinski definition) is 1. The summed E-state index contributed by atoms with van der Waals surface area (Å²) in [4.78, 5) is 39.5. The number of fused-ring (bicyclic) bond motifs is 3. The van der Waals surface area contributed by atoms with Gasteiger partial charge in [0.1, 0.15) is 0 Å². The fourth-order valence-electron chi connectivity index (χ4n) is 3.98. The summed E-state index contributed by atoms with van der Waals surface area (Å²) >= 11 is 0. The molecule has 1 amide bonds. The van der Waals surface area contributed by atoms with Crippen LogP contribution in [0, 0.1) is 12.8 Å². The third-order valence-corrected chi connectivity index (χ3v) is 5.59. The van der Waals surface area contributed by atoms with Gasteiger partial charge in [0.05, 0.1) is 17.4 Å². The number of benzene rings is 2. The predicted molar refractivity (Wildman–Crippen MR) is 129 cm³/mol. The molecular formula is C25H29N5O3. The highest BCUT2D eigenvalue weighted by molar-refractivity contribution is 5.98. The van der Waals surface area contributed by atoms with Crippen molar-refractivity contribution in [2.24, 2.45) is 5.92 Å². The number of aromatic nitrogens is 4. The maximum Gasteiger partial charge on any atom is 0.352 e. The molecule has 0 saturated heterocycles. The number of aryl methyl sites for hydroxylation is 1. The Labute approximate surface area is 191 Å². The molecule has 172 valence electrons. The topological polar surface area (TPSA) is 90.4 Å². The minimum atomic E-state index is -0.350. The third-order valence-electron chi connectivity index (χ3n) is 5.59. The van der Waals surface area contributed by atoms with Crippen LogP contribution < -0.4 is 16.6 Å². The summed E-state index contributed by atoms with van der Waals surface area (Å²) in [6.07, 6.45) is 0. The second-order valence-electron chi connectivity index (χ2n) is 9.17. The maximum absolute atomic E-state index is 13.5. The molecule has 4 aromatic rings. The SMILES string of the molecule is Cc1ccccc1Cn1nc2n(CC(C)C)c(=O)c3ccc(C(=O)NC(C)C)cc3n2c1=O. The molecule has 2 heterocycles. The van der Waals surface area contributed by atoms with Crippen molar-refractivity contribution in [3.63, 3.8) is 0 Å². The Morgan fingerprint density at radius 3 is 2.45 bits per heavy atom. The van der Waals surface area contributed by atoms with Gasteiger partial charge in [0, 0.05) is 18.2 Å². The standard InChI is InChI=1S/C25H29N5O3/c1-15(2)13-28-23(32)20-11-10-18(22(31)26-16(3)4)12-21(20)30-24(28)27-29(25(30)33)14-19-9-7-6-8-17(19)5/h6-12,15-16H,13-14H2,1-5H3,(H,26,31). The number of carbonyl (C=O) groups excluding carboxylic acids is 1. The number of nitrogens with zero attached hydrogens (tertiary/aromatic N) is 4. The van der Waals surface area contributed by atoms with E-state index in [1.165, 1.54) is 9.08 Å². The van der Waals surface area contributed by atoms with Crippen LogP contribution in [0.15, 0.2) is 52.1 Å². The Morgan fingerprint density at radius 1 is 1.06 bits per heavy atom.